The first kappa shape index (κ1) is 9.48. The van der Waals surface area contributed by atoms with E-state index in [9.17, 15) is 4.79 Å². The highest BCUT2D eigenvalue weighted by Crippen LogP contribution is 2.15. The third-order valence-electron chi connectivity index (χ3n) is 2.28. The second-order valence-electron chi connectivity index (χ2n) is 3.31. The van der Waals surface area contributed by atoms with E-state index in [1.54, 1.807) is 4.90 Å². The third kappa shape index (κ3) is 1.76. The molecule has 1 heterocycles. The summed E-state index contributed by atoms with van der Waals surface area (Å²) in [7, 11) is 0. The van der Waals surface area contributed by atoms with E-state index in [0.717, 1.165) is 0 Å². The van der Waals surface area contributed by atoms with Crippen molar-refractivity contribution in [3.8, 4) is 0 Å². The van der Waals surface area contributed by atoms with Gasteiger partial charge in [-0.2, -0.15) is 0 Å². The monoisotopic (exact) mass is 172 g/mol. The van der Waals surface area contributed by atoms with E-state index in [-0.39, 0.29) is 24.5 Å². The Balaban J connectivity index is 2.28. The molecule has 1 amide bonds. The van der Waals surface area contributed by atoms with Gasteiger partial charge >= 0.3 is 0 Å². The summed E-state index contributed by atoms with van der Waals surface area (Å²) in [6, 6.07) is -0.357. The molecule has 1 saturated heterocycles. The van der Waals surface area contributed by atoms with Gasteiger partial charge in [0.25, 0.3) is 0 Å². The van der Waals surface area contributed by atoms with Crippen molar-refractivity contribution < 1.29 is 9.90 Å². The summed E-state index contributed by atoms with van der Waals surface area (Å²) in [5, 5.41) is 8.71. The third-order valence-corrected chi connectivity index (χ3v) is 2.28. The Bertz CT molecular complexity index is 166. The zero-order valence-electron chi connectivity index (χ0n) is 7.36. The van der Waals surface area contributed by atoms with Gasteiger partial charge in [0.2, 0.25) is 5.91 Å². The van der Waals surface area contributed by atoms with Crippen LogP contribution in [0.25, 0.3) is 0 Å². The quantitative estimate of drug-likeness (QED) is 0.584. The minimum absolute atomic E-state index is 0.0159. The van der Waals surface area contributed by atoms with Gasteiger partial charge in [-0.1, -0.05) is 6.92 Å². The van der Waals surface area contributed by atoms with Crippen molar-refractivity contribution in [1.29, 1.82) is 0 Å². The fourth-order valence-electron chi connectivity index (χ4n) is 1.27. The fraction of sp³-hybridized carbons (Fsp3) is 0.875. The number of hydrogen-bond donors (Lipinski definition) is 2. The molecule has 0 aromatic rings. The van der Waals surface area contributed by atoms with Crippen LogP contribution in [0.15, 0.2) is 0 Å². The predicted molar refractivity (Wildman–Crippen MR) is 45.4 cm³/mol. The average Bonchev–Trinajstić information content (AvgIpc) is 2.01. The molecule has 70 valence electrons. The van der Waals surface area contributed by atoms with Crippen molar-refractivity contribution in [2.24, 2.45) is 11.7 Å². The summed E-state index contributed by atoms with van der Waals surface area (Å²) in [5.41, 5.74) is 5.56. The lowest BCUT2D eigenvalue weighted by Crippen LogP contribution is -2.56. The van der Waals surface area contributed by atoms with E-state index in [4.69, 9.17) is 10.8 Å². The topological polar surface area (TPSA) is 66.6 Å². The van der Waals surface area contributed by atoms with Crippen LogP contribution in [0.3, 0.4) is 0 Å². The second-order valence-corrected chi connectivity index (χ2v) is 3.31. The van der Waals surface area contributed by atoms with Gasteiger partial charge in [0.15, 0.2) is 0 Å². The highest BCUT2D eigenvalue weighted by Gasteiger charge is 2.31. The Morgan fingerprint density at radius 2 is 2.33 bits per heavy atom. The maximum Gasteiger partial charge on any atom is 0.239 e. The highest BCUT2D eigenvalue weighted by molar-refractivity contribution is 5.82. The molecule has 1 rings (SSSR count). The number of aliphatic hydroxyl groups excluding tert-OH is 1. The van der Waals surface area contributed by atoms with E-state index in [2.05, 4.69) is 0 Å². The van der Waals surface area contributed by atoms with Crippen LogP contribution in [0.1, 0.15) is 13.3 Å². The van der Waals surface area contributed by atoms with Gasteiger partial charge in [-0.05, 0) is 6.42 Å². The number of hydrogen-bond acceptors (Lipinski definition) is 3. The van der Waals surface area contributed by atoms with Crippen LogP contribution in [0.5, 0.6) is 0 Å². The molecule has 1 aliphatic rings. The molecule has 4 heteroatoms. The standard InChI is InChI=1S/C8H16N2O2/c1-2-7(9)8(12)10-3-6(4-10)5-11/h6-7,11H,2-5,9H2,1H3. The molecular weight excluding hydrogens is 156 g/mol. The Kier molecular flexibility index (Phi) is 3.05. The molecule has 3 N–H and O–H groups in total. The van der Waals surface area contributed by atoms with E-state index in [1.165, 1.54) is 0 Å². The summed E-state index contributed by atoms with van der Waals surface area (Å²) in [4.78, 5) is 13.0. The van der Waals surface area contributed by atoms with E-state index in [0.29, 0.717) is 19.5 Å². The number of carbonyl (C=O) groups excluding carboxylic acids is 1. The second kappa shape index (κ2) is 3.87. The Morgan fingerprint density at radius 3 is 2.75 bits per heavy atom. The lowest BCUT2D eigenvalue weighted by Gasteiger charge is -2.39. The number of likely N-dealkylation sites (tertiary alicyclic amines) is 1. The van der Waals surface area contributed by atoms with Gasteiger partial charge < -0.3 is 15.7 Å². The van der Waals surface area contributed by atoms with E-state index in [1.807, 2.05) is 6.92 Å². The first-order valence-corrected chi connectivity index (χ1v) is 4.34. The molecule has 0 spiro atoms. The van der Waals surface area contributed by atoms with Crippen LogP contribution in [0.4, 0.5) is 0 Å². The maximum atomic E-state index is 11.3. The summed E-state index contributed by atoms with van der Waals surface area (Å²) >= 11 is 0. The summed E-state index contributed by atoms with van der Waals surface area (Å²) in [6.07, 6.45) is 0.680. The van der Waals surface area contributed by atoms with E-state index >= 15 is 0 Å². The number of amides is 1. The van der Waals surface area contributed by atoms with Crippen molar-refractivity contribution >= 4 is 5.91 Å². The molecular formula is C8H16N2O2. The van der Waals surface area contributed by atoms with Crippen molar-refractivity contribution in [3.05, 3.63) is 0 Å². The maximum absolute atomic E-state index is 11.3. The summed E-state index contributed by atoms with van der Waals surface area (Å²) < 4.78 is 0. The molecule has 1 atom stereocenters. The van der Waals surface area contributed by atoms with Gasteiger partial charge in [0, 0.05) is 25.6 Å². The fourth-order valence-corrected chi connectivity index (χ4v) is 1.27. The van der Waals surface area contributed by atoms with Crippen LogP contribution < -0.4 is 5.73 Å². The van der Waals surface area contributed by atoms with Crippen LogP contribution in [0, 0.1) is 5.92 Å². The van der Waals surface area contributed by atoms with Gasteiger partial charge in [0.05, 0.1) is 6.04 Å². The van der Waals surface area contributed by atoms with Gasteiger partial charge in [-0.3, -0.25) is 4.79 Å². The molecule has 4 nitrogen and oxygen atoms in total. The molecule has 0 radical (unpaired) electrons. The molecule has 0 aliphatic carbocycles. The zero-order valence-corrected chi connectivity index (χ0v) is 7.36. The van der Waals surface area contributed by atoms with Crippen LogP contribution in [-0.4, -0.2) is 41.7 Å². The summed E-state index contributed by atoms with van der Waals surface area (Å²) in [5.74, 6) is 0.292. The van der Waals surface area contributed by atoms with Crippen LogP contribution in [-0.2, 0) is 4.79 Å². The number of nitrogens with zero attached hydrogens (tertiary/aromatic N) is 1. The Morgan fingerprint density at radius 1 is 1.75 bits per heavy atom. The molecule has 1 aliphatic heterocycles. The van der Waals surface area contributed by atoms with E-state index < -0.39 is 0 Å². The number of carbonyl (C=O) groups is 1. The minimum Gasteiger partial charge on any atom is -0.396 e. The average molecular weight is 172 g/mol. The largest absolute Gasteiger partial charge is 0.396 e. The smallest absolute Gasteiger partial charge is 0.239 e. The number of rotatable bonds is 3. The molecule has 0 bridgehead atoms. The molecule has 1 unspecified atom stereocenters. The lowest BCUT2D eigenvalue weighted by molar-refractivity contribution is -0.139. The molecule has 0 aromatic heterocycles. The first-order chi connectivity index (χ1) is 5.69. The van der Waals surface area contributed by atoms with Crippen LogP contribution in [0.2, 0.25) is 0 Å². The predicted octanol–water partition coefficient (Wildman–Crippen LogP) is -0.826. The lowest BCUT2D eigenvalue weighted by atomic mass is 10.00. The molecule has 1 fully saturated rings. The summed E-state index contributed by atoms with van der Waals surface area (Å²) in [6.45, 7) is 3.41. The zero-order chi connectivity index (χ0) is 9.14. The number of aliphatic hydroxyl groups is 1. The minimum atomic E-state index is -0.357. The van der Waals surface area contributed by atoms with Crippen molar-refractivity contribution in [3.63, 3.8) is 0 Å². The van der Waals surface area contributed by atoms with Gasteiger partial charge in [-0.15, -0.1) is 0 Å². The van der Waals surface area contributed by atoms with Crippen molar-refractivity contribution in [2.45, 2.75) is 19.4 Å². The van der Waals surface area contributed by atoms with Gasteiger partial charge in [0.1, 0.15) is 0 Å². The number of nitrogens with two attached hydrogens (primary N) is 1. The molecule has 12 heavy (non-hydrogen) atoms. The Labute approximate surface area is 72.3 Å². The molecule has 0 aromatic carbocycles. The normalized spacial score (nSPS) is 20.4. The molecule has 0 saturated carbocycles. The highest BCUT2D eigenvalue weighted by atomic mass is 16.3. The van der Waals surface area contributed by atoms with Gasteiger partial charge in [-0.25, -0.2) is 0 Å². The SMILES string of the molecule is CCC(N)C(=O)N1CC(CO)C1. The Hall–Kier alpha value is -0.610. The van der Waals surface area contributed by atoms with Crippen molar-refractivity contribution in [2.75, 3.05) is 19.7 Å². The van der Waals surface area contributed by atoms with Crippen LogP contribution >= 0.6 is 0 Å². The van der Waals surface area contributed by atoms with Crippen molar-refractivity contribution in [1.82, 2.24) is 4.90 Å². The first-order valence-electron chi connectivity index (χ1n) is 4.34.